The zero-order valence-electron chi connectivity index (χ0n) is 14.8. The molecule has 13 heteroatoms. The first-order valence-electron chi connectivity index (χ1n) is 7.31. The van der Waals surface area contributed by atoms with Crippen LogP contribution in [0.2, 0.25) is 0 Å². The Morgan fingerprint density at radius 3 is 0.889 bits per heavy atom. The summed E-state index contributed by atoms with van der Waals surface area (Å²) in [5.41, 5.74) is -1.39. The van der Waals surface area contributed by atoms with Gasteiger partial charge in [-0.05, 0) is 6.92 Å². The van der Waals surface area contributed by atoms with Crippen LogP contribution in [0, 0.1) is 5.41 Å². The smallest absolute Gasteiger partial charge is 0.314 e. The van der Waals surface area contributed by atoms with Crippen molar-refractivity contribution >= 4 is 61.8 Å². The Kier molecular flexibility index (Phi) is 28.3. The molecule has 0 aliphatic carbocycles. The third-order valence-corrected chi connectivity index (χ3v) is 2.86. The predicted octanol–water partition coefficient (Wildman–Crippen LogP) is 0.235. The minimum atomic E-state index is -1.39. The van der Waals surface area contributed by atoms with Crippen LogP contribution < -0.4 is 0 Å². The Hall–Kier alpha value is -1.15. The second-order valence-corrected chi connectivity index (χ2v) is 6.13. The molecule has 0 fully saturated rings. The molecule has 0 bridgehead atoms. The van der Waals surface area contributed by atoms with Gasteiger partial charge in [0.15, 0.2) is 0 Å². The van der Waals surface area contributed by atoms with E-state index in [1.54, 1.807) is 0 Å². The number of carboxylic acid groups (broad SMARTS) is 4. The standard InChI is InChI=1S/C5H10O4.3C3H6O2S/c1-5(2-6,3-7)4(8)9;3*4-3(5)1-2-6/h6-7H,2-3H2,1H3,(H,8,9);3*6H,1-2H2,(H,4,5). The van der Waals surface area contributed by atoms with Crippen LogP contribution in [-0.2, 0) is 19.2 Å². The summed E-state index contributed by atoms with van der Waals surface area (Å²) in [5, 5.41) is 48.7. The molecule has 162 valence electrons. The van der Waals surface area contributed by atoms with E-state index < -0.39 is 42.5 Å². The van der Waals surface area contributed by atoms with Crippen LogP contribution in [0.3, 0.4) is 0 Å². The Morgan fingerprint density at radius 1 is 0.667 bits per heavy atom. The fraction of sp³-hybridized carbons (Fsp3) is 0.714. The molecule has 0 aromatic carbocycles. The van der Waals surface area contributed by atoms with Crippen LogP contribution in [-0.4, -0.2) is 85.0 Å². The molecular weight excluding hydrogens is 424 g/mol. The highest BCUT2D eigenvalue weighted by Crippen LogP contribution is 2.12. The normalized spacial score (nSPS) is 9.26. The monoisotopic (exact) mass is 452 g/mol. The molecule has 0 atom stereocenters. The Labute approximate surface area is 173 Å². The molecule has 0 radical (unpaired) electrons. The molecule has 0 amide bonds. The van der Waals surface area contributed by atoms with Crippen LogP contribution in [0.1, 0.15) is 26.2 Å². The fourth-order valence-corrected chi connectivity index (χ4v) is 1.05. The maximum Gasteiger partial charge on any atom is 0.314 e. The third kappa shape index (κ3) is 32.9. The van der Waals surface area contributed by atoms with E-state index >= 15 is 0 Å². The largest absolute Gasteiger partial charge is 0.481 e. The van der Waals surface area contributed by atoms with Crippen molar-refractivity contribution in [3.8, 4) is 0 Å². The van der Waals surface area contributed by atoms with Gasteiger partial charge < -0.3 is 30.6 Å². The molecule has 0 saturated carbocycles. The Morgan fingerprint density at radius 2 is 0.889 bits per heavy atom. The SMILES string of the molecule is CC(CO)(CO)C(=O)O.O=C(O)CCS.O=C(O)CCS.O=C(O)CCS. The molecule has 0 aliphatic heterocycles. The molecule has 0 aliphatic rings. The van der Waals surface area contributed by atoms with Crippen molar-refractivity contribution < 1.29 is 49.8 Å². The zero-order valence-corrected chi connectivity index (χ0v) is 17.5. The molecule has 0 spiro atoms. The summed E-state index contributed by atoms with van der Waals surface area (Å²) in [4.78, 5) is 38.8. The van der Waals surface area contributed by atoms with Crippen molar-refractivity contribution in [3.63, 3.8) is 0 Å². The van der Waals surface area contributed by atoms with Gasteiger partial charge in [0.1, 0.15) is 5.41 Å². The number of thiol groups is 3. The summed E-state index contributed by atoms with van der Waals surface area (Å²) in [6.45, 7) is 0.187. The second kappa shape index (κ2) is 22.9. The first kappa shape index (κ1) is 33.4. The Bertz CT molecular complexity index is 376. The number of carbonyl (C=O) groups is 4. The highest BCUT2D eigenvalue weighted by molar-refractivity contribution is 7.80. The molecule has 6 N–H and O–H groups in total. The predicted molar refractivity (Wildman–Crippen MR) is 108 cm³/mol. The average Bonchev–Trinajstić information content (AvgIpc) is 2.55. The van der Waals surface area contributed by atoms with Gasteiger partial charge in [-0.3, -0.25) is 19.2 Å². The lowest BCUT2D eigenvalue weighted by atomic mass is 9.94. The lowest BCUT2D eigenvalue weighted by molar-refractivity contribution is -0.153. The summed E-state index contributed by atoms with van der Waals surface area (Å²) in [7, 11) is 0. The van der Waals surface area contributed by atoms with Gasteiger partial charge in [-0.2, -0.15) is 37.9 Å². The number of aliphatic hydroxyl groups excluding tert-OH is 2. The topological polar surface area (TPSA) is 190 Å². The van der Waals surface area contributed by atoms with Crippen molar-refractivity contribution in [2.75, 3.05) is 30.5 Å². The van der Waals surface area contributed by atoms with E-state index in [0.717, 1.165) is 0 Å². The molecule has 0 heterocycles. The first-order valence-corrected chi connectivity index (χ1v) is 9.21. The van der Waals surface area contributed by atoms with Gasteiger partial charge in [-0.15, -0.1) is 0 Å². The van der Waals surface area contributed by atoms with Crippen molar-refractivity contribution in [1.29, 1.82) is 0 Å². The Balaban J connectivity index is -0.000000133. The lowest BCUT2D eigenvalue weighted by Gasteiger charge is -2.17. The molecule has 0 rings (SSSR count). The van der Waals surface area contributed by atoms with E-state index in [2.05, 4.69) is 37.9 Å². The second-order valence-electron chi connectivity index (χ2n) is 4.78. The summed E-state index contributed by atoms with van der Waals surface area (Å²) >= 11 is 11.0. The minimum Gasteiger partial charge on any atom is -0.481 e. The van der Waals surface area contributed by atoms with E-state index in [9.17, 15) is 19.2 Å². The zero-order chi connectivity index (χ0) is 22.5. The number of aliphatic hydroxyl groups is 2. The van der Waals surface area contributed by atoms with Crippen LogP contribution >= 0.6 is 37.9 Å². The number of aliphatic carboxylic acids is 4. The quantitative estimate of drug-likeness (QED) is 0.219. The van der Waals surface area contributed by atoms with Crippen LogP contribution in [0.4, 0.5) is 0 Å². The molecule has 0 aromatic rings. The molecule has 10 nitrogen and oxygen atoms in total. The lowest BCUT2D eigenvalue weighted by Crippen LogP contribution is -2.35. The van der Waals surface area contributed by atoms with Crippen molar-refractivity contribution in [3.05, 3.63) is 0 Å². The molecule has 0 aromatic heterocycles. The van der Waals surface area contributed by atoms with Crippen molar-refractivity contribution in [1.82, 2.24) is 0 Å². The summed E-state index contributed by atoms with van der Waals surface area (Å²) in [6.07, 6.45) is 0.468. The van der Waals surface area contributed by atoms with E-state index in [0.29, 0.717) is 17.3 Å². The van der Waals surface area contributed by atoms with Gasteiger partial charge in [0.05, 0.1) is 32.5 Å². The van der Waals surface area contributed by atoms with E-state index in [4.69, 9.17) is 30.6 Å². The maximum absolute atomic E-state index is 10.2. The summed E-state index contributed by atoms with van der Waals surface area (Å²) < 4.78 is 0. The highest BCUT2D eigenvalue weighted by atomic mass is 32.1. The van der Waals surface area contributed by atoms with Gasteiger partial charge >= 0.3 is 23.9 Å². The highest BCUT2D eigenvalue weighted by Gasteiger charge is 2.31. The van der Waals surface area contributed by atoms with E-state index in [1.165, 1.54) is 6.92 Å². The fourth-order valence-electron chi connectivity index (χ4n) is 0.472. The number of hydrogen-bond donors (Lipinski definition) is 9. The van der Waals surface area contributed by atoms with Gasteiger partial charge in [-0.25, -0.2) is 0 Å². The van der Waals surface area contributed by atoms with Gasteiger partial charge in [0.25, 0.3) is 0 Å². The third-order valence-electron chi connectivity index (χ3n) is 2.19. The first-order chi connectivity index (χ1) is 12.4. The number of hydrogen-bond acceptors (Lipinski definition) is 9. The van der Waals surface area contributed by atoms with E-state index in [1.807, 2.05) is 0 Å². The maximum atomic E-state index is 10.2. The summed E-state index contributed by atoms with van der Waals surface area (Å²) in [6, 6.07) is 0. The van der Waals surface area contributed by atoms with Crippen LogP contribution in [0.5, 0.6) is 0 Å². The van der Waals surface area contributed by atoms with E-state index in [-0.39, 0.29) is 19.3 Å². The van der Waals surface area contributed by atoms with Gasteiger partial charge in [-0.1, -0.05) is 0 Å². The molecular formula is C14H28O10S3. The van der Waals surface area contributed by atoms with Gasteiger partial charge in [0, 0.05) is 17.3 Å². The van der Waals surface area contributed by atoms with Gasteiger partial charge in [0.2, 0.25) is 0 Å². The minimum absolute atomic E-state index is 0.156. The summed E-state index contributed by atoms with van der Waals surface area (Å²) in [5.74, 6) is -2.27. The number of carboxylic acids is 4. The molecule has 0 saturated heterocycles. The van der Waals surface area contributed by atoms with Crippen molar-refractivity contribution in [2.45, 2.75) is 26.2 Å². The number of rotatable bonds is 9. The average molecular weight is 453 g/mol. The molecule has 27 heavy (non-hydrogen) atoms. The van der Waals surface area contributed by atoms with Crippen LogP contribution in [0.25, 0.3) is 0 Å². The van der Waals surface area contributed by atoms with Crippen molar-refractivity contribution in [2.24, 2.45) is 5.41 Å². The molecule has 0 unspecified atom stereocenters. The van der Waals surface area contributed by atoms with Crippen LogP contribution in [0.15, 0.2) is 0 Å².